The molecule has 0 atom stereocenters. The lowest BCUT2D eigenvalue weighted by molar-refractivity contribution is 0.498. The minimum atomic E-state index is 0.517. The first-order chi connectivity index (χ1) is 11.6. The topological polar surface area (TPSA) is 30.7 Å². The van der Waals surface area contributed by atoms with Gasteiger partial charge in [0.25, 0.3) is 0 Å². The summed E-state index contributed by atoms with van der Waals surface area (Å²) in [6.07, 6.45) is 0. The lowest BCUT2D eigenvalue weighted by atomic mass is 10.2. The Bertz CT molecular complexity index is 782. The number of hydrogen-bond acceptors (Lipinski definition) is 3. The van der Waals surface area contributed by atoms with Crippen molar-refractivity contribution in [3.63, 3.8) is 0 Å². The van der Waals surface area contributed by atoms with E-state index in [0.717, 1.165) is 33.9 Å². The first-order valence-electron chi connectivity index (χ1n) is 7.99. The molecule has 3 rings (SSSR count). The zero-order chi connectivity index (χ0) is 16.9. The predicted octanol–water partition coefficient (Wildman–Crippen LogP) is 5.55. The van der Waals surface area contributed by atoms with Crippen molar-refractivity contribution >= 4 is 23.4 Å². The molecule has 3 aromatic rings. The van der Waals surface area contributed by atoms with Gasteiger partial charge in [0.15, 0.2) is 11.0 Å². The molecule has 0 radical (unpaired) electrons. The number of nitrogens with zero attached hydrogens (tertiary/aromatic N) is 3. The van der Waals surface area contributed by atoms with Gasteiger partial charge in [0, 0.05) is 22.9 Å². The van der Waals surface area contributed by atoms with Crippen LogP contribution in [0.3, 0.4) is 0 Å². The van der Waals surface area contributed by atoms with E-state index >= 15 is 0 Å². The zero-order valence-electron chi connectivity index (χ0n) is 13.8. The molecule has 0 unspecified atom stereocenters. The van der Waals surface area contributed by atoms with Crippen LogP contribution in [0.5, 0.6) is 0 Å². The molecule has 3 nitrogen and oxygen atoms in total. The van der Waals surface area contributed by atoms with Crippen molar-refractivity contribution < 1.29 is 0 Å². The summed E-state index contributed by atoms with van der Waals surface area (Å²) >= 11 is 7.72. The summed E-state index contributed by atoms with van der Waals surface area (Å²) in [7, 11) is 0. The average Bonchev–Trinajstić information content (AvgIpc) is 2.97. The molecule has 0 saturated carbocycles. The summed E-state index contributed by atoms with van der Waals surface area (Å²) in [6.45, 7) is 5.30. The SMILES string of the molecule is CC(C)Cn1c(SCc2ccccc2)nnc1-c1ccc(Cl)cc1. The van der Waals surface area contributed by atoms with Gasteiger partial charge < -0.3 is 4.57 Å². The summed E-state index contributed by atoms with van der Waals surface area (Å²) in [4.78, 5) is 0. The molecule has 0 fully saturated rings. The first-order valence-corrected chi connectivity index (χ1v) is 9.35. The van der Waals surface area contributed by atoms with Crippen LogP contribution in [0.25, 0.3) is 11.4 Å². The van der Waals surface area contributed by atoms with Crippen molar-refractivity contribution in [1.29, 1.82) is 0 Å². The van der Waals surface area contributed by atoms with E-state index in [0.29, 0.717) is 5.92 Å². The minimum absolute atomic E-state index is 0.517. The molecule has 0 amide bonds. The Kier molecular flexibility index (Phi) is 5.59. The third-order valence-corrected chi connectivity index (χ3v) is 4.87. The van der Waals surface area contributed by atoms with Gasteiger partial charge in [-0.1, -0.05) is 67.5 Å². The van der Waals surface area contributed by atoms with Crippen LogP contribution >= 0.6 is 23.4 Å². The average molecular weight is 358 g/mol. The number of thioether (sulfide) groups is 1. The maximum absolute atomic E-state index is 6.00. The van der Waals surface area contributed by atoms with Gasteiger partial charge >= 0.3 is 0 Å². The van der Waals surface area contributed by atoms with Crippen LogP contribution in [0.1, 0.15) is 19.4 Å². The van der Waals surface area contributed by atoms with E-state index in [1.807, 2.05) is 30.3 Å². The van der Waals surface area contributed by atoms with Crippen LogP contribution < -0.4 is 0 Å². The minimum Gasteiger partial charge on any atom is -0.302 e. The third kappa shape index (κ3) is 4.19. The smallest absolute Gasteiger partial charge is 0.191 e. The van der Waals surface area contributed by atoms with E-state index in [4.69, 9.17) is 11.6 Å². The molecule has 0 saturated heterocycles. The highest BCUT2D eigenvalue weighted by molar-refractivity contribution is 7.98. The number of rotatable bonds is 6. The van der Waals surface area contributed by atoms with Crippen LogP contribution in [-0.2, 0) is 12.3 Å². The number of hydrogen-bond donors (Lipinski definition) is 0. The van der Waals surface area contributed by atoms with E-state index in [1.54, 1.807) is 11.8 Å². The highest BCUT2D eigenvalue weighted by atomic mass is 35.5. The van der Waals surface area contributed by atoms with E-state index < -0.39 is 0 Å². The van der Waals surface area contributed by atoms with Gasteiger partial charge in [-0.25, -0.2) is 0 Å². The van der Waals surface area contributed by atoms with Crippen LogP contribution in [0.15, 0.2) is 59.8 Å². The number of aromatic nitrogens is 3. The molecule has 0 aliphatic rings. The van der Waals surface area contributed by atoms with Crippen molar-refractivity contribution in [3.8, 4) is 11.4 Å². The lowest BCUT2D eigenvalue weighted by Crippen LogP contribution is -2.07. The van der Waals surface area contributed by atoms with Gasteiger partial charge in [-0.05, 0) is 35.7 Å². The summed E-state index contributed by atoms with van der Waals surface area (Å²) in [5.41, 5.74) is 2.33. The van der Waals surface area contributed by atoms with Crippen LogP contribution in [0.4, 0.5) is 0 Å². The largest absolute Gasteiger partial charge is 0.302 e. The van der Waals surface area contributed by atoms with E-state index in [-0.39, 0.29) is 0 Å². The Hall–Kier alpha value is -1.78. The van der Waals surface area contributed by atoms with Gasteiger partial charge in [0.05, 0.1) is 0 Å². The molecule has 0 N–H and O–H groups in total. The second-order valence-corrected chi connectivity index (χ2v) is 7.47. The molecule has 1 aromatic heterocycles. The lowest BCUT2D eigenvalue weighted by Gasteiger charge is -2.12. The van der Waals surface area contributed by atoms with Crippen molar-refractivity contribution in [2.24, 2.45) is 5.92 Å². The predicted molar refractivity (Wildman–Crippen MR) is 101 cm³/mol. The molecule has 0 aliphatic carbocycles. The molecular weight excluding hydrogens is 338 g/mol. The monoisotopic (exact) mass is 357 g/mol. The molecule has 24 heavy (non-hydrogen) atoms. The Morgan fingerprint density at radius 2 is 1.71 bits per heavy atom. The maximum atomic E-state index is 6.00. The van der Waals surface area contributed by atoms with Gasteiger partial charge in [-0.3, -0.25) is 0 Å². The molecule has 0 aliphatic heterocycles. The van der Waals surface area contributed by atoms with Crippen LogP contribution in [0.2, 0.25) is 5.02 Å². The van der Waals surface area contributed by atoms with Gasteiger partial charge in [-0.15, -0.1) is 10.2 Å². The fourth-order valence-corrected chi connectivity index (χ4v) is 3.49. The summed E-state index contributed by atoms with van der Waals surface area (Å²) < 4.78 is 2.21. The van der Waals surface area contributed by atoms with Crippen molar-refractivity contribution in [3.05, 3.63) is 65.2 Å². The van der Waals surface area contributed by atoms with E-state index in [2.05, 4.69) is 52.9 Å². The first kappa shape index (κ1) is 17.1. The molecular formula is C19H20ClN3S. The van der Waals surface area contributed by atoms with E-state index in [1.165, 1.54) is 5.56 Å². The van der Waals surface area contributed by atoms with Crippen molar-refractivity contribution in [2.75, 3.05) is 0 Å². The molecule has 0 bridgehead atoms. The fourth-order valence-electron chi connectivity index (χ4n) is 2.46. The quantitative estimate of drug-likeness (QED) is 0.542. The molecule has 2 aromatic carbocycles. The zero-order valence-corrected chi connectivity index (χ0v) is 15.4. The molecule has 1 heterocycles. The molecule has 124 valence electrons. The Balaban J connectivity index is 1.87. The second kappa shape index (κ2) is 7.86. The summed E-state index contributed by atoms with van der Waals surface area (Å²) in [5.74, 6) is 2.30. The highest BCUT2D eigenvalue weighted by Crippen LogP contribution is 2.28. The molecule has 0 spiro atoms. The Morgan fingerprint density at radius 1 is 1.00 bits per heavy atom. The summed E-state index contributed by atoms with van der Waals surface area (Å²) in [6, 6.07) is 18.2. The normalized spacial score (nSPS) is 11.2. The number of benzene rings is 2. The van der Waals surface area contributed by atoms with Gasteiger partial charge in [0.1, 0.15) is 0 Å². The second-order valence-electron chi connectivity index (χ2n) is 6.09. The van der Waals surface area contributed by atoms with Gasteiger partial charge in [0.2, 0.25) is 0 Å². The number of halogens is 1. The fraction of sp³-hybridized carbons (Fsp3) is 0.263. The van der Waals surface area contributed by atoms with Crippen LogP contribution in [0, 0.1) is 5.92 Å². The maximum Gasteiger partial charge on any atom is 0.191 e. The highest BCUT2D eigenvalue weighted by Gasteiger charge is 2.15. The third-order valence-electron chi connectivity index (χ3n) is 3.58. The van der Waals surface area contributed by atoms with Crippen molar-refractivity contribution in [1.82, 2.24) is 14.8 Å². The van der Waals surface area contributed by atoms with Crippen LogP contribution in [-0.4, -0.2) is 14.8 Å². The summed E-state index contributed by atoms with van der Waals surface area (Å²) in [5, 5.41) is 10.5. The van der Waals surface area contributed by atoms with Crippen molar-refractivity contribution in [2.45, 2.75) is 31.3 Å². The Morgan fingerprint density at radius 3 is 2.38 bits per heavy atom. The van der Waals surface area contributed by atoms with Gasteiger partial charge in [-0.2, -0.15) is 0 Å². The van der Waals surface area contributed by atoms with E-state index in [9.17, 15) is 0 Å². The Labute approximate surface area is 152 Å². The standard InChI is InChI=1S/C19H20ClN3S/c1-14(2)12-23-18(16-8-10-17(20)11-9-16)21-22-19(23)24-13-15-6-4-3-5-7-15/h3-11,14H,12-13H2,1-2H3. The molecule has 5 heteroatoms.